The van der Waals surface area contributed by atoms with Gasteiger partial charge in [-0.25, -0.2) is 4.79 Å². The van der Waals surface area contributed by atoms with Crippen molar-refractivity contribution in [2.45, 2.75) is 46.1 Å². The number of rotatable bonds is 5. The van der Waals surface area contributed by atoms with E-state index in [2.05, 4.69) is 5.32 Å². The van der Waals surface area contributed by atoms with Gasteiger partial charge in [0.05, 0.1) is 12.8 Å². The summed E-state index contributed by atoms with van der Waals surface area (Å²) >= 11 is 0. The molecule has 21 heavy (non-hydrogen) atoms. The van der Waals surface area contributed by atoms with Crippen molar-refractivity contribution < 1.29 is 19.1 Å². The van der Waals surface area contributed by atoms with Gasteiger partial charge in [-0.2, -0.15) is 0 Å². The van der Waals surface area contributed by atoms with Crippen LogP contribution in [0.5, 0.6) is 5.75 Å². The quantitative estimate of drug-likeness (QED) is 0.901. The van der Waals surface area contributed by atoms with Crippen LogP contribution in [-0.4, -0.2) is 24.6 Å². The number of ether oxygens (including phenoxy) is 2. The second kappa shape index (κ2) is 7.11. The minimum Gasteiger partial charge on any atom is -0.497 e. The number of nitrogens with one attached hydrogen (secondary N) is 1. The van der Waals surface area contributed by atoms with Crippen molar-refractivity contribution in [3.05, 3.63) is 23.8 Å². The molecule has 0 aliphatic rings. The van der Waals surface area contributed by atoms with E-state index < -0.39 is 11.7 Å². The standard InChI is InChI=1S/C16H23NO4/c1-6-12(18)9-11-7-8-13(20-5)10-14(11)17-15(19)21-16(2,3)4/h7-8,10H,6,9H2,1-5H3,(H,17,19). The van der Waals surface area contributed by atoms with Crippen molar-refractivity contribution in [2.24, 2.45) is 0 Å². The molecular formula is C16H23NO4. The van der Waals surface area contributed by atoms with Crippen molar-refractivity contribution in [2.75, 3.05) is 12.4 Å². The summed E-state index contributed by atoms with van der Waals surface area (Å²) in [6, 6.07) is 5.22. The lowest BCUT2D eigenvalue weighted by molar-refractivity contribution is -0.118. The third-order valence-electron chi connectivity index (χ3n) is 2.73. The first-order valence-corrected chi connectivity index (χ1v) is 6.93. The number of Topliss-reactive ketones (excluding diaryl/α,β-unsaturated/α-hetero) is 1. The first-order chi connectivity index (χ1) is 9.75. The summed E-state index contributed by atoms with van der Waals surface area (Å²) in [5.41, 5.74) is 0.696. The zero-order chi connectivity index (χ0) is 16.0. The molecule has 0 aromatic heterocycles. The second-order valence-electron chi connectivity index (χ2n) is 5.72. The topological polar surface area (TPSA) is 64.6 Å². The molecule has 1 N–H and O–H groups in total. The summed E-state index contributed by atoms with van der Waals surface area (Å²) in [5.74, 6) is 0.709. The van der Waals surface area contributed by atoms with Crippen LogP contribution >= 0.6 is 0 Å². The molecule has 0 fully saturated rings. The van der Waals surface area contributed by atoms with Crippen LogP contribution in [0.4, 0.5) is 10.5 Å². The normalized spacial score (nSPS) is 10.9. The van der Waals surface area contributed by atoms with Crippen LogP contribution < -0.4 is 10.1 Å². The molecule has 0 radical (unpaired) electrons. The Morgan fingerprint density at radius 1 is 1.24 bits per heavy atom. The fourth-order valence-electron chi connectivity index (χ4n) is 1.70. The lowest BCUT2D eigenvalue weighted by Gasteiger charge is -2.20. The van der Waals surface area contributed by atoms with E-state index in [1.807, 2.05) is 6.92 Å². The number of carbonyl (C=O) groups is 2. The van der Waals surface area contributed by atoms with E-state index in [0.717, 1.165) is 5.56 Å². The van der Waals surface area contributed by atoms with E-state index in [-0.39, 0.29) is 12.2 Å². The fourth-order valence-corrected chi connectivity index (χ4v) is 1.70. The summed E-state index contributed by atoms with van der Waals surface area (Å²) in [5, 5.41) is 2.68. The van der Waals surface area contributed by atoms with Gasteiger partial charge >= 0.3 is 6.09 Å². The van der Waals surface area contributed by atoms with Crippen LogP contribution in [0.15, 0.2) is 18.2 Å². The Labute approximate surface area is 125 Å². The second-order valence-corrected chi connectivity index (χ2v) is 5.72. The zero-order valence-corrected chi connectivity index (χ0v) is 13.3. The number of hydrogen-bond acceptors (Lipinski definition) is 4. The Balaban J connectivity index is 2.95. The number of carbonyl (C=O) groups excluding carboxylic acids is 2. The lowest BCUT2D eigenvalue weighted by Crippen LogP contribution is -2.27. The molecule has 0 unspecified atom stereocenters. The molecule has 1 rings (SSSR count). The van der Waals surface area contributed by atoms with Gasteiger partial charge in [0.15, 0.2) is 0 Å². The van der Waals surface area contributed by atoms with Crippen molar-refractivity contribution in [1.82, 2.24) is 0 Å². The molecule has 0 aliphatic carbocycles. The number of methoxy groups -OCH3 is 1. The van der Waals surface area contributed by atoms with Gasteiger partial charge in [0.2, 0.25) is 0 Å². The molecule has 1 aromatic carbocycles. The van der Waals surface area contributed by atoms with Crippen LogP contribution in [0.1, 0.15) is 39.7 Å². The van der Waals surface area contributed by atoms with E-state index in [0.29, 0.717) is 17.9 Å². The smallest absolute Gasteiger partial charge is 0.412 e. The first kappa shape index (κ1) is 17.0. The van der Waals surface area contributed by atoms with Crippen LogP contribution in [0, 0.1) is 0 Å². The number of amides is 1. The number of anilines is 1. The summed E-state index contributed by atoms with van der Waals surface area (Å²) in [4.78, 5) is 23.5. The van der Waals surface area contributed by atoms with Gasteiger partial charge < -0.3 is 9.47 Å². The van der Waals surface area contributed by atoms with Gasteiger partial charge in [-0.1, -0.05) is 13.0 Å². The molecule has 0 saturated heterocycles. The van der Waals surface area contributed by atoms with Crippen molar-refractivity contribution in [3.8, 4) is 5.75 Å². The number of ketones is 1. The average Bonchev–Trinajstić information content (AvgIpc) is 2.38. The maximum Gasteiger partial charge on any atom is 0.412 e. The minimum absolute atomic E-state index is 0.104. The molecule has 1 amide bonds. The SMILES string of the molecule is CCC(=O)Cc1ccc(OC)cc1NC(=O)OC(C)(C)C. The van der Waals surface area contributed by atoms with Crippen LogP contribution in [0.25, 0.3) is 0 Å². The van der Waals surface area contributed by atoms with E-state index in [1.165, 1.54) is 0 Å². The minimum atomic E-state index is -0.581. The van der Waals surface area contributed by atoms with Crippen molar-refractivity contribution in [3.63, 3.8) is 0 Å². The highest BCUT2D eigenvalue weighted by Crippen LogP contribution is 2.24. The monoisotopic (exact) mass is 293 g/mol. The first-order valence-electron chi connectivity index (χ1n) is 6.93. The highest BCUT2D eigenvalue weighted by Gasteiger charge is 2.18. The van der Waals surface area contributed by atoms with E-state index in [4.69, 9.17) is 9.47 Å². The van der Waals surface area contributed by atoms with E-state index >= 15 is 0 Å². The average molecular weight is 293 g/mol. The third-order valence-corrected chi connectivity index (χ3v) is 2.73. The molecule has 0 saturated carbocycles. The summed E-state index contributed by atoms with van der Waals surface area (Å²) in [7, 11) is 1.55. The predicted octanol–water partition coefficient (Wildman–Crippen LogP) is 3.56. The van der Waals surface area contributed by atoms with E-state index in [1.54, 1.807) is 46.1 Å². The Kier molecular flexibility index (Phi) is 5.76. The van der Waals surface area contributed by atoms with E-state index in [9.17, 15) is 9.59 Å². The van der Waals surface area contributed by atoms with Gasteiger partial charge in [-0.3, -0.25) is 10.1 Å². The predicted molar refractivity (Wildman–Crippen MR) is 81.9 cm³/mol. The Hall–Kier alpha value is -2.04. The molecule has 5 heteroatoms. The Morgan fingerprint density at radius 2 is 1.90 bits per heavy atom. The van der Waals surface area contributed by atoms with Crippen molar-refractivity contribution in [1.29, 1.82) is 0 Å². The fraction of sp³-hybridized carbons (Fsp3) is 0.500. The van der Waals surface area contributed by atoms with Crippen LogP contribution in [-0.2, 0) is 16.0 Å². The van der Waals surface area contributed by atoms with Crippen LogP contribution in [0.3, 0.4) is 0 Å². The molecule has 1 aromatic rings. The molecular weight excluding hydrogens is 270 g/mol. The number of benzene rings is 1. The highest BCUT2D eigenvalue weighted by molar-refractivity contribution is 5.89. The van der Waals surface area contributed by atoms with Gasteiger partial charge in [0, 0.05) is 18.9 Å². The van der Waals surface area contributed by atoms with Gasteiger partial charge in [0.1, 0.15) is 17.1 Å². The third kappa shape index (κ3) is 5.85. The maximum absolute atomic E-state index is 11.9. The Bertz CT molecular complexity index is 517. The molecule has 5 nitrogen and oxygen atoms in total. The lowest BCUT2D eigenvalue weighted by atomic mass is 10.1. The maximum atomic E-state index is 11.9. The largest absolute Gasteiger partial charge is 0.497 e. The van der Waals surface area contributed by atoms with Gasteiger partial charge in [-0.05, 0) is 32.4 Å². The molecule has 0 heterocycles. The van der Waals surface area contributed by atoms with Gasteiger partial charge in [-0.15, -0.1) is 0 Å². The summed E-state index contributed by atoms with van der Waals surface area (Å²) in [6.07, 6.45) is 0.171. The van der Waals surface area contributed by atoms with Gasteiger partial charge in [0.25, 0.3) is 0 Å². The summed E-state index contributed by atoms with van der Waals surface area (Å²) < 4.78 is 10.4. The summed E-state index contributed by atoms with van der Waals surface area (Å²) in [6.45, 7) is 7.19. The molecule has 0 spiro atoms. The molecule has 0 atom stereocenters. The Morgan fingerprint density at radius 3 is 2.43 bits per heavy atom. The highest BCUT2D eigenvalue weighted by atomic mass is 16.6. The van der Waals surface area contributed by atoms with Crippen molar-refractivity contribution >= 4 is 17.6 Å². The number of hydrogen-bond donors (Lipinski definition) is 1. The zero-order valence-electron chi connectivity index (χ0n) is 13.3. The van der Waals surface area contributed by atoms with Crippen LogP contribution in [0.2, 0.25) is 0 Å². The molecule has 0 aliphatic heterocycles. The molecule has 0 bridgehead atoms. The molecule has 116 valence electrons.